The van der Waals surface area contributed by atoms with Crippen LogP contribution in [-0.2, 0) is 10.9 Å². The van der Waals surface area contributed by atoms with Crippen LogP contribution in [0.3, 0.4) is 0 Å². The molecular weight excluding hydrogens is 433 g/mol. The number of benzene rings is 1. The molecule has 1 aromatic heterocycles. The van der Waals surface area contributed by atoms with Crippen molar-refractivity contribution < 1.29 is 31.9 Å². The lowest BCUT2D eigenvalue weighted by molar-refractivity contribution is -0.137. The Morgan fingerprint density at radius 2 is 1.70 bits per heavy atom. The normalized spacial score (nSPS) is 11.8. The van der Waals surface area contributed by atoms with Crippen molar-refractivity contribution in [2.75, 3.05) is 10.6 Å². The van der Waals surface area contributed by atoms with E-state index in [0.29, 0.717) is 6.07 Å². The predicted molar refractivity (Wildman–Crippen MR) is 95.7 cm³/mol. The van der Waals surface area contributed by atoms with E-state index in [4.69, 9.17) is 9.15 Å². The Balaban J connectivity index is 2.32. The molecule has 2 rings (SSSR count). The van der Waals surface area contributed by atoms with Gasteiger partial charge in [0.15, 0.2) is 10.4 Å². The first kappa shape index (κ1) is 20.8. The van der Waals surface area contributed by atoms with Gasteiger partial charge in [-0.25, -0.2) is 4.79 Å². The number of furan rings is 1. The van der Waals surface area contributed by atoms with Crippen molar-refractivity contribution >= 4 is 39.3 Å². The van der Waals surface area contributed by atoms with Crippen molar-refractivity contribution in [3.63, 3.8) is 0 Å². The summed E-state index contributed by atoms with van der Waals surface area (Å²) >= 11 is 3.03. The van der Waals surface area contributed by atoms with Crippen molar-refractivity contribution in [3.8, 4) is 0 Å². The summed E-state index contributed by atoms with van der Waals surface area (Å²) in [5.74, 6) is -0.908. The van der Waals surface area contributed by atoms with Crippen LogP contribution in [0.5, 0.6) is 0 Å². The van der Waals surface area contributed by atoms with E-state index < -0.39 is 29.3 Å². The first-order valence-electron chi connectivity index (χ1n) is 7.63. The fourth-order valence-corrected chi connectivity index (χ4v) is 2.27. The van der Waals surface area contributed by atoms with Crippen LogP contribution >= 0.6 is 15.9 Å². The van der Waals surface area contributed by atoms with E-state index in [1.807, 2.05) is 0 Å². The Morgan fingerprint density at radius 3 is 2.22 bits per heavy atom. The molecule has 0 radical (unpaired) electrons. The zero-order chi connectivity index (χ0) is 20.4. The Labute approximate surface area is 161 Å². The summed E-state index contributed by atoms with van der Waals surface area (Å²) in [6.07, 6.45) is -5.50. The van der Waals surface area contributed by atoms with Crippen LogP contribution in [0, 0.1) is 0 Å². The van der Waals surface area contributed by atoms with Gasteiger partial charge in [-0.1, -0.05) is 0 Å². The smallest absolute Gasteiger partial charge is 0.416 e. The van der Waals surface area contributed by atoms with Gasteiger partial charge in [-0.05, 0) is 67.0 Å². The molecule has 0 aliphatic rings. The molecule has 2 N–H and O–H groups in total. The molecule has 2 aromatic rings. The van der Waals surface area contributed by atoms with Gasteiger partial charge in [0, 0.05) is 0 Å². The van der Waals surface area contributed by atoms with Gasteiger partial charge in [-0.15, -0.1) is 0 Å². The Kier molecular flexibility index (Phi) is 5.88. The zero-order valence-electron chi connectivity index (χ0n) is 14.5. The molecular formula is C17H16BrF3N2O4. The van der Waals surface area contributed by atoms with Crippen LogP contribution in [0.4, 0.5) is 29.3 Å². The van der Waals surface area contributed by atoms with E-state index >= 15 is 0 Å². The van der Waals surface area contributed by atoms with Gasteiger partial charge in [0.2, 0.25) is 0 Å². The number of carbonyl (C=O) groups is 2. The second-order valence-electron chi connectivity index (χ2n) is 6.44. The molecule has 0 bridgehead atoms. The molecule has 10 heteroatoms. The maximum Gasteiger partial charge on any atom is 0.416 e. The summed E-state index contributed by atoms with van der Waals surface area (Å²) in [7, 11) is 0. The highest BCUT2D eigenvalue weighted by Gasteiger charge is 2.31. The molecule has 0 aliphatic carbocycles. The highest BCUT2D eigenvalue weighted by Crippen LogP contribution is 2.34. The van der Waals surface area contributed by atoms with Gasteiger partial charge in [0.05, 0.1) is 16.9 Å². The molecule has 0 saturated heterocycles. The van der Waals surface area contributed by atoms with E-state index in [0.717, 1.165) is 12.1 Å². The molecule has 0 spiro atoms. The van der Waals surface area contributed by atoms with E-state index in [1.165, 1.54) is 12.1 Å². The van der Waals surface area contributed by atoms with Crippen LogP contribution < -0.4 is 10.6 Å². The number of alkyl halides is 3. The van der Waals surface area contributed by atoms with Gasteiger partial charge >= 0.3 is 12.3 Å². The second kappa shape index (κ2) is 7.63. The lowest BCUT2D eigenvalue weighted by Gasteiger charge is -2.21. The molecule has 0 fully saturated rings. The monoisotopic (exact) mass is 448 g/mol. The van der Waals surface area contributed by atoms with Gasteiger partial charge in [-0.2, -0.15) is 13.2 Å². The van der Waals surface area contributed by atoms with Crippen LogP contribution in [0.15, 0.2) is 39.4 Å². The molecule has 6 nitrogen and oxygen atoms in total. The molecule has 1 aromatic carbocycles. The standard InChI is InChI=1S/C17H16BrF3N2O4/c1-16(2,3)27-15(25)23-10-5-4-9(17(19,20)21)8-11(10)22-14(24)12-6-7-13(18)26-12/h4-8H,1-3H3,(H,22,24)(H,23,25). The molecule has 2 amide bonds. The van der Waals surface area contributed by atoms with Crippen LogP contribution in [-0.4, -0.2) is 17.6 Å². The molecule has 1 heterocycles. The molecule has 27 heavy (non-hydrogen) atoms. The molecule has 0 saturated carbocycles. The summed E-state index contributed by atoms with van der Waals surface area (Å²) in [6, 6.07) is 5.32. The minimum atomic E-state index is -4.63. The highest BCUT2D eigenvalue weighted by atomic mass is 79.9. The fraction of sp³-hybridized carbons (Fsp3) is 0.294. The van der Waals surface area contributed by atoms with Crippen molar-refractivity contribution in [2.24, 2.45) is 0 Å². The Bertz CT molecular complexity index is 857. The summed E-state index contributed by atoms with van der Waals surface area (Å²) in [5.41, 5.74) is -2.11. The van der Waals surface area contributed by atoms with Crippen molar-refractivity contribution in [1.29, 1.82) is 0 Å². The SMILES string of the molecule is CC(C)(C)OC(=O)Nc1ccc(C(F)(F)F)cc1NC(=O)c1ccc(Br)o1. The Morgan fingerprint density at radius 1 is 1.04 bits per heavy atom. The summed E-state index contributed by atoms with van der Waals surface area (Å²) < 4.78 is 49.4. The number of nitrogens with one attached hydrogen (secondary N) is 2. The van der Waals surface area contributed by atoms with Crippen molar-refractivity contribution in [1.82, 2.24) is 0 Å². The third-order valence-corrected chi connectivity index (χ3v) is 3.45. The number of rotatable bonds is 3. The summed E-state index contributed by atoms with van der Waals surface area (Å²) in [4.78, 5) is 24.1. The number of hydrogen-bond acceptors (Lipinski definition) is 4. The van der Waals surface area contributed by atoms with Gasteiger partial charge in [0.25, 0.3) is 5.91 Å². The first-order valence-corrected chi connectivity index (χ1v) is 8.42. The summed E-state index contributed by atoms with van der Waals surface area (Å²) in [5, 5.41) is 4.62. The van der Waals surface area contributed by atoms with Crippen molar-refractivity contribution in [3.05, 3.63) is 46.3 Å². The largest absolute Gasteiger partial charge is 0.444 e. The lowest BCUT2D eigenvalue weighted by Crippen LogP contribution is -2.27. The van der Waals surface area contributed by atoms with E-state index in [-0.39, 0.29) is 21.8 Å². The number of hydrogen-bond donors (Lipinski definition) is 2. The minimum Gasteiger partial charge on any atom is -0.444 e. The fourth-order valence-electron chi connectivity index (χ4n) is 1.97. The summed E-state index contributed by atoms with van der Waals surface area (Å²) in [6.45, 7) is 4.91. The number of ether oxygens (including phenoxy) is 1. The zero-order valence-corrected chi connectivity index (χ0v) is 16.1. The third kappa shape index (κ3) is 6.02. The van der Waals surface area contributed by atoms with Gasteiger partial charge in [-0.3, -0.25) is 10.1 Å². The van der Waals surface area contributed by atoms with E-state index in [2.05, 4.69) is 26.6 Å². The van der Waals surface area contributed by atoms with Crippen LogP contribution in [0.2, 0.25) is 0 Å². The first-order chi connectivity index (χ1) is 12.3. The third-order valence-electron chi connectivity index (χ3n) is 3.03. The van der Waals surface area contributed by atoms with Crippen LogP contribution in [0.25, 0.3) is 0 Å². The van der Waals surface area contributed by atoms with Gasteiger partial charge in [0.1, 0.15) is 5.60 Å². The predicted octanol–water partition coefficient (Wildman–Crippen LogP) is 5.66. The lowest BCUT2D eigenvalue weighted by atomic mass is 10.1. The minimum absolute atomic E-state index is 0.0591. The Hall–Kier alpha value is -2.49. The van der Waals surface area contributed by atoms with Crippen LogP contribution in [0.1, 0.15) is 36.9 Å². The average Bonchev–Trinajstić information content (AvgIpc) is 2.92. The molecule has 0 atom stereocenters. The number of anilines is 2. The maximum atomic E-state index is 13.0. The second-order valence-corrected chi connectivity index (χ2v) is 7.22. The van der Waals surface area contributed by atoms with Gasteiger partial charge < -0.3 is 14.5 Å². The number of halogens is 4. The van der Waals surface area contributed by atoms with Crippen molar-refractivity contribution in [2.45, 2.75) is 32.5 Å². The average molecular weight is 449 g/mol. The molecule has 0 aliphatic heterocycles. The topological polar surface area (TPSA) is 80.6 Å². The van der Waals surface area contributed by atoms with E-state index in [1.54, 1.807) is 20.8 Å². The van der Waals surface area contributed by atoms with E-state index in [9.17, 15) is 22.8 Å². The number of amides is 2. The quantitative estimate of drug-likeness (QED) is 0.634. The maximum absolute atomic E-state index is 13.0. The molecule has 146 valence electrons. The highest BCUT2D eigenvalue weighted by molar-refractivity contribution is 9.10. The molecule has 0 unspecified atom stereocenters. The number of carbonyl (C=O) groups excluding carboxylic acids is 2.